The molecule has 0 spiro atoms. The molecule has 0 saturated carbocycles. The van der Waals surface area contributed by atoms with Gasteiger partial charge in [-0.3, -0.25) is 4.90 Å². The zero-order chi connectivity index (χ0) is 12.0. The van der Waals surface area contributed by atoms with E-state index in [9.17, 15) is 8.42 Å². The van der Waals surface area contributed by atoms with Gasteiger partial charge >= 0.3 is 0 Å². The molecule has 2 bridgehead atoms. The van der Waals surface area contributed by atoms with Crippen LogP contribution in [0.3, 0.4) is 0 Å². The van der Waals surface area contributed by atoms with Crippen LogP contribution in [0.4, 0.5) is 0 Å². The molecule has 5 heteroatoms. The van der Waals surface area contributed by atoms with E-state index in [4.69, 9.17) is 0 Å². The highest BCUT2D eigenvalue weighted by molar-refractivity contribution is 7.91. The van der Waals surface area contributed by atoms with Crippen molar-refractivity contribution < 1.29 is 8.42 Å². The highest BCUT2D eigenvalue weighted by atomic mass is 32.2. The molecule has 3 rings (SSSR count). The Hall–Kier alpha value is -0.130. The van der Waals surface area contributed by atoms with Gasteiger partial charge in [-0.2, -0.15) is 0 Å². The summed E-state index contributed by atoms with van der Waals surface area (Å²) in [6.45, 7) is 3.87. The molecule has 0 aromatic carbocycles. The first-order chi connectivity index (χ1) is 8.03. The number of fused-ring (bicyclic) bond motifs is 2. The normalized spacial score (nSPS) is 45.2. The van der Waals surface area contributed by atoms with E-state index in [2.05, 4.69) is 17.1 Å². The summed E-state index contributed by atoms with van der Waals surface area (Å²) in [5.74, 6) is 1.45. The summed E-state index contributed by atoms with van der Waals surface area (Å²) in [5, 5.41) is 3.65. The van der Waals surface area contributed by atoms with Crippen molar-refractivity contribution in [3.63, 3.8) is 0 Å². The average Bonchev–Trinajstić information content (AvgIpc) is 2.83. The van der Waals surface area contributed by atoms with E-state index < -0.39 is 9.84 Å². The van der Waals surface area contributed by atoms with Crippen LogP contribution < -0.4 is 5.32 Å². The fourth-order valence-electron chi connectivity index (χ4n) is 3.74. The van der Waals surface area contributed by atoms with Crippen LogP contribution in [-0.2, 0) is 9.84 Å². The van der Waals surface area contributed by atoms with Crippen LogP contribution in [0.2, 0.25) is 0 Å². The van der Waals surface area contributed by atoms with Gasteiger partial charge in [-0.1, -0.05) is 0 Å². The first kappa shape index (κ1) is 11.9. The molecule has 0 radical (unpaired) electrons. The molecule has 4 unspecified atom stereocenters. The Balaban J connectivity index is 1.59. The second-order valence-corrected chi connectivity index (χ2v) is 8.23. The molecule has 3 aliphatic rings. The molecule has 0 aromatic heterocycles. The third-order valence-electron chi connectivity index (χ3n) is 4.71. The molecule has 3 fully saturated rings. The van der Waals surface area contributed by atoms with Gasteiger partial charge in [-0.05, 0) is 32.1 Å². The van der Waals surface area contributed by atoms with Gasteiger partial charge in [0.25, 0.3) is 0 Å². The van der Waals surface area contributed by atoms with Crippen molar-refractivity contribution in [3.8, 4) is 0 Å². The number of hydrogen-bond donors (Lipinski definition) is 1. The maximum atomic E-state index is 11.5. The van der Waals surface area contributed by atoms with Gasteiger partial charge < -0.3 is 5.32 Å². The van der Waals surface area contributed by atoms with E-state index in [0.29, 0.717) is 17.5 Å². The molecule has 98 valence electrons. The topological polar surface area (TPSA) is 49.4 Å². The highest BCUT2D eigenvalue weighted by Gasteiger charge is 2.40. The number of rotatable bonds is 2. The largest absolute Gasteiger partial charge is 0.311 e. The summed E-state index contributed by atoms with van der Waals surface area (Å²) in [7, 11) is -2.77. The van der Waals surface area contributed by atoms with Gasteiger partial charge in [0.2, 0.25) is 0 Å². The van der Waals surface area contributed by atoms with Crippen molar-refractivity contribution in [1.82, 2.24) is 10.2 Å². The van der Waals surface area contributed by atoms with Crippen molar-refractivity contribution in [1.29, 1.82) is 0 Å². The van der Waals surface area contributed by atoms with E-state index in [1.807, 2.05) is 0 Å². The molecule has 0 amide bonds. The van der Waals surface area contributed by atoms with E-state index in [-0.39, 0.29) is 6.04 Å². The fraction of sp³-hybridized carbons (Fsp3) is 1.00. The maximum absolute atomic E-state index is 11.5. The number of sulfone groups is 1. The Labute approximate surface area is 104 Å². The molecule has 0 aromatic rings. The summed E-state index contributed by atoms with van der Waals surface area (Å²) in [6, 6.07) is 1.65. The van der Waals surface area contributed by atoms with E-state index in [1.54, 1.807) is 0 Å². The first-order valence-corrected chi connectivity index (χ1v) is 8.56. The summed E-state index contributed by atoms with van der Waals surface area (Å²) in [5.41, 5.74) is 0. The van der Waals surface area contributed by atoms with Crippen LogP contribution >= 0.6 is 0 Å². The summed E-state index contributed by atoms with van der Waals surface area (Å²) < 4.78 is 23.1. The third-order valence-corrected chi connectivity index (χ3v) is 6.50. The SMILES string of the molecule is CC1CS(=O)(=O)CCN1CC1CC2CCC1N2. The Morgan fingerprint density at radius 2 is 2.18 bits per heavy atom. The van der Waals surface area contributed by atoms with Crippen LogP contribution in [0, 0.1) is 5.92 Å². The summed E-state index contributed by atoms with van der Waals surface area (Å²) in [6.07, 6.45) is 3.95. The summed E-state index contributed by atoms with van der Waals surface area (Å²) >= 11 is 0. The lowest BCUT2D eigenvalue weighted by Gasteiger charge is -2.36. The molecule has 4 nitrogen and oxygen atoms in total. The van der Waals surface area contributed by atoms with E-state index >= 15 is 0 Å². The van der Waals surface area contributed by atoms with Gasteiger partial charge in [0.15, 0.2) is 9.84 Å². The minimum atomic E-state index is -2.77. The molecule has 0 aliphatic carbocycles. The predicted molar refractivity (Wildman–Crippen MR) is 67.7 cm³/mol. The van der Waals surface area contributed by atoms with Gasteiger partial charge in [0.05, 0.1) is 11.5 Å². The standard InChI is InChI=1S/C12H22N2O2S/c1-9-8-17(15,16)5-4-14(9)7-10-6-11-2-3-12(10)13-11/h9-13H,2-8H2,1H3. The Kier molecular flexibility index (Phi) is 2.96. The first-order valence-electron chi connectivity index (χ1n) is 6.74. The minimum absolute atomic E-state index is 0.202. The average molecular weight is 258 g/mol. The molecular weight excluding hydrogens is 236 g/mol. The zero-order valence-corrected chi connectivity index (χ0v) is 11.2. The second kappa shape index (κ2) is 4.21. The molecule has 3 saturated heterocycles. The van der Waals surface area contributed by atoms with Crippen LogP contribution in [0.1, 0.15) is 26.2 Å². The number of nitrogens with one attached hydrogen (secondary N) is 1. The molecule has 4 atom stereocenters. The lowest BCUT2D eigenvalue weighted by atomic mass is 9.88. The summed E-state index contributed by atoms with van der Waals surface area (Å²) in [4.78, 5) is 2.38. The van der Waals surface area contributed by atoms with E-state index in [0.717, 1.165) is 25.0 Å². The lowest BCUT2D eigenvalue weighted by molar-refractivity contribution is 0.177. The highest BCUT2D eigenvalue weighted by Crippen LogP contribution is 2.34. The monoisotopic (exact) mass is 258 g/mol. The maximum Gasteiger partial charge on any atom is 0.153 e. The van der Waals surface area contributed by atoms with Crippen molar-refractivity contribution in [2.75, 3.05) is 24.6 Å². The second-order valence-electron chi connectivity index (χ2n) is 6.00. The van der Waals surface area contributed by atoms with E-state index in [1.165, 1.54) is 19.3 Å². The van der Waals surface area contributed by atoms with Gasteiger partial charge in [0.1, 0.15) is 0 Å². The molecular formula is C12H22N2O2S. The lowest BCUT2D eigenvalue weighted by Crippen LogP contribution is -2.49. The molecule has 3 aliphatic heterocycles. The Morgan fingerprint density at radius 1 is 1.35 bits per heavy atom. The smallest absolute Gasteiger partial charge is 0.153 e. The Bertz CT molecular complexity index is 395. The predicted octanol–water partition coefficient (Wildman–Crippen LogP) is 0.246. The van der Waals surface area contributed by atoms with Gasteiger partial charge in [0, 0.05) is 31.2 Å². The quantitative estimate of drug-likeness (QED) is 0.771. The fourth-order valence-corrected chi connectivity index (χ4v) is 5.37. The number of nitrogens with zero attached hydrogens (tertiary/aromatic N) is 1. The Morgan fingerprint density at radius 3 is 2.76 bits per heavy atom. The van der Waals surface area contributed by atoms with Crippen molar-refractivity contribution >= 4 is 9.84 Å². The van der Waals surface area contributed by atoms with Crippen LogP contribution in [0.15, 0.2) is 0 Å². The van der Waals surface area contributed by atoms with Crippen LogP contribution in [0.25, 0.3) is 0 Å². The number of hydrogen-bond acceptors (Lipinski definition) is 4. The third kappa shape index (κ3) is 2.37. The molecule has 17 heavy (non-hydrogen) atoms. The van der Waals surface area contributed by atoms with Crippen molar-refractivity contribution in [2.24, 2.45) is 5.92 Å². The van der Waals surface area contributed by atoms with Crippen LogP contribution in [0.5, 0.6) is 0 Å². The molecule has 3 heterocycles. The zero-order valence-electron chi connectivity index (χ0n) is 10.4. The van der Waals surface area contributed by atoms with Crippen molar-refractivity contribution in [3.05, 3.63) is 0 Å². The van der Waals surface area contributed by atoms with Crippen molar-refractivity contribution in [2.45, 2.75) is 44.3 Å². The molecule has 1 N–H and O–H groups in total. The minimum Gasteiger partial charge on any atom is -0.311 e. The van der Waals surface area contributed by atoms with Gasteiger partial charge in [-0.15, -0.1) is 0 Å². The van der Waals surface area contributed by atoms with Gasteiger partial charge in [-0.25, -0.2) is 8.42 Å². The van der Waals surface area contributed by atoms with Crippen LogP contribution in [-0.4, -0.2) is 56.0 Å².